The van der Waals surface area contributed by atoms with Crippen LogP contribution in [0.25, 0.3) is 0 Å². The van der Waals surface area contributed by atoms with Gasteiger partial charge in [-0.05, 0) is 105 Å². The highest BCUT2D eigenvalue weighted by atomic mass is 16.7. The molecule has 308 valence electrons. The van der Waals surface area contributed by atoms with Gasteiger partial charge in [0.05, 0.1) is 33.5 Å². The van der Waals surface area contributed by atoms with Crippen LogP contribution < -0.4 is 9.47 Å². The molecule has 0 aromatic heterocycles. The van der Waals surface area contributed by atoms with Crippen molar-refractivity contribution in [3.63, 3.8) is 0 Å². The molecule has 2 aliphatic heterocycles. The zero-order chi connectivity index (χ0) is 39.6. The van der Waals surface area contributed by atoms with E-state index in [2.05, 4.69) is 19.9 Å². The Morgan fingerprint density at radius 1 is 0.855 bits per heavy atom. The van der Waals surface area contributed by atoms with Gasteiger partial charge in [0.2, 0.25) is 0 Å². The van der Waals surface area contributed by atoms with E-state index in [-0.39, 0.29) is 34.6 Å². The quantitative estimate of drug-likeness (QED) is 0.168. The number of carbonyl (C=O) groups excluding carboxylic acids is 1. The summed E-state index contributed by atoms with van der Waals surface area (Å²) in [5.74, 6) is 2.87. The van der Waals surface area contributed by atoms with Gasteiger partial charge in [-0.1, -0.05) is 25.5 Å². The highest BCUT2D eigenvalue weighted by Gasteiger charge is 2.63. The van der Waals surface area contributed by atoms with Crippen LogP contribution in [0.5, 0.6) is 11.5 Å². The fraction of sp³-hybridized carbons (Fsp3) is 0.780. The summed E-state index contributed by atoms with van der Waals surface area (Å²) in [6.07, 6.45) is -6.68. The van der Waals surface area contributed by atoms with Gasteiger partial charge in [0.25, 0.3) is 0 Å². The fourth-order valence-corrected chi connectivity index (χ4v) is 11.7. The summed E-state index contributed by atoms with van der Waals surface area (Å²) in [7, 11) is 3.33. The molecule has 7 N–H and O–H groups in total. The van der Waals surface area contributed by atoms with Gasteiger partial charge in [0.1, 0.15) is 66.1 Å². The monoisotopic (exact) mass is 776 g/mol. The van der Waals surface area contributed by atoms with E-state index < -0.39 is 74.6 Å². The maximum Gasteiger partial charge on any atom is 0.186 e. The molecule has 2 heterocycles. The largest absolute Gasteiger partial charge is 0.497 e. The van der Waals surface area contributed by atoms with Gasteiger partial charge in [0.15, 0.2) is 12.6 Å². The minimum Gasteiger partial charge on any atom is -0.497 e. The first-order chi connectivity index (χ1) is 26.2. The molecule has 18 atom stereocenters. The molecule has 4 aliphatic carbocycles. The topological polar surface area (TPSA) is 214 Å². The van der Waals surface area contributed by atoms with E-state index in [1.165, 1.54) is 5.57 Å². The molecule has 14 nitrogen and oxygen atoms in total. The van der Waals surface area contributed by atoms with Crippen molar-refractivity contribution in [1.29, 1.82) is 0 Å². The average Bonchev–Trinajstić information content (AvgIpc) is 3.50. The molecule has 0 amide bonds. The van der Waals surface area contributed by atoms with Crippen molar-refractivity contribution < 1.29 is 69.0 Å². The predicted octanol–water partition coefficient (Wildman–Crippen LogP) is 1.57. The summed E-state index contributed by atoms with van der Waals surface area (Å²) in [6, 6.07) is 5.88. The number of benzene rings is 1. The van der Waals surface area contributed by atoms with Crippen LogP contribution in [0.4, 0.5) is 0 Å². The summed E-state index contributed by atoms with van der Waals surface area (Å²) in [5.41, 5.74) is 2.15. The van der Waals surface area contributed by atoms with Gasteiger partial charge in [-0.2, -0.15) is 0 Å². The molecule has 14 heteroatoms. The summed E-state index contributed by atoms with van der Waals surface area (Å²) in [5, 5.41) is 72.5. The summed E-state index contributed by atoms with van der Waals surface area (Å²) < 4.78 is 34.7. The predicted molar refractivity (Wildman–Crippen MR) is 195 cm³/mol. The molecule has 6 aliphatic rings. The van der Waals surface area contributed by atoms with Crippen LogP contribution in [0, 0.1) is 34.5 Å². The molecule has 55 heavy (non-hydrogen) atoms. The van der Waals surface area contributed by atoms with E-state index in [1.54, 1.807) is 21.1 Å². The Hall–Kier alpha value is -2.21. The van der Waals surface area contributed by atoms with E-state index in [0.717, 1.165) is 49.2 Å². The standard InChI is InChI=1S/C41H60O14/c1-19(43)31-25(24-15-21(50-4)7-9-28(24)51-5)16-27-23-8-6-20-14-22(10-12-40(20,2)26(23)11-13-41(27,31)3)53-39-37(49)35(47)33(45)30(55-39)18-52-38-36(48)34(46)32(44)29(17-42)54-38/h6-7,9,15,22-23,25-27,29-39,42,44-49H,8,10-14,16-18H2,1-5H3/t22?,23?,25?,26?,27?,29-,30-,31?,32-,33-,34+,35+,36-,37-,38?,39?,40?,41?/m1/s1. The highest BCUT2D eigenvalue weighted by Crippen LogP contribution is 2.69. The lowest BCUT2D eigenvalue weighted by atomic mass is 9.47. The van der Waals surface area contributed by atoms with Crippen molar-refractivity contribution in [1.82, 2.24) is 0 Å². The van der Waals surface area contributed by atoms with E-state index in [9.17, 15) is 40.5 Å². The number of ketones is 1. The molecule has 0 radical (unpaired) electrons. The third kappa shape index (κ3) is 7.07. The molecule has 1 aromatic carbocycles. The first-order valence-corrected chi connectivity index (χ1v) is 19.9. The van der Waals surface area contributed by atoms with Crippen LogP contribution in [0.3, 0.4) is 0 Å². The van der Waals surface area contributed by atoms with E-state index in [0.29, 0.717) is 30.6 Å². The minimum atomic E-state index is -1.65. The zero-order valence-electron chi connectivity index (χ0n) is 32.4. The normalized spacial score (nSPS) is 46.9. The third-order valence-electron chi connectivity index (χ3n) is 14.7. The van der Waals surface area contributed by atoms with Gasteiger partial charge >= 0.3 is 0 Å². The molecule has 0 bridgehead atoms. The van der Waals surface area contributed by atoms with E-state index in [4.69, 9.17) is 28.4 Å². The number of Topliss-reactive ketones (excluding diaryl/α,β-unsaturated/α-hetero) is 1. The van der Waals surface area contributed by atoms with Crippen molar-refractivity contribution in [3.05, 3.63) is 35.4 Å². The Bertz CT molecular complexity index is 1570. The van der Waals surface area contributed by atoms with Crippen LogP contribution in [-0.4, -0.2) is 136 Å². The molecule has 0 spiro atoms. The highest BCUT2D eigenvalue weighted by molar-refractivity contribution is 5.81. The molecular weight excluding hydrogens is 716 g/mol. The van der Waals surface area contributed by atoms with E-state index >= 15 is 0 Å². The maximum absolute atomic E-state index is 13.5. The Morgan fingerprint density at radius 2 is 1.55 bits per heavy atom. The van der Waals surface area contributed by atoms with Crippen molar-refractivity contribution >= 4 is 5.78 Å². The van der Waals surface area contributed by atoms with Crippen molar-refractivity contribution in [2.45, 2.75) is 139 Å². The summed E-state index contributed by atoms with van der Waals surface area (Å²) in [6.45, 7) is 5.40. The van der Waals surface area contributed by atoms with Gasteiger partial charge in [-0.3, -0.25) is 4.79 Å². The molecule has 10 unspecified atom stereocenters. The summed E-state index contributed by atoms with van der Waals surface area (Å²) in [4.78, 5) is 13.5. The lowest BCUT2D eigenvalue weighted by Gasteiger charge is -2.58. The van der Waals surface area contributed by atoms with Gasteiger partial charge in [-0.15, -0.1) is 0 Å². The number of aliphatic hydroxyl groups is 7. The zero-order valence-corrected chi connectivity index (χ0v) is 32.4. The van der Waals surface area contributed by atoms with Crippen LogP contribution >= 0.6 is 0 Å². The third-order valence-corrected chi connectivity index (χ3v) is 14.7. The van der Waals surface area contributed by atoms with Gasteiger partial charge in [-0.25, -0.2) is 0 Å². The van der Waals surface area contributed by atoms with Crippen LogP contribution in [-0.2, 0) is 23.7 Å². The first kappa shape index (κ1) is 41.0. The Morgan fingerprint density at radius 3 is 2.22 bits per heavy atom. The molecule has 3 saturated carbocycles. The number of allylic oxidation sites excluding steroid dienone is 1. The molecule has 1 aromatic rings. The van der Waals surface area contributed by atoms with Gasteiger partial charge < -0.3 is 64.2 Å². The van der Waals surface area contributed by atoms with Crippen molar-refractivity contribution in [3.8, 4) is 11.5 Å². The van der Waals surface area contributed by atoms with Crippen molar-refractivity contribution in [2.24, 2.45) is 34.5 Å². The molecule has 5 fully saturated rings. The first-order valence-electron chi connectivity index (χ1n) is 19.9. The second kappa shape index (κ2) is 15.9. The lowest BCUT2D eigenvalue weighted by Crippen LogP contribution is -2.62. The van der Waals surface area contributed by atoms with E-state index in [1.807, 2.05) is 18.2 Å². The van der Waals surface area contributed by atoms with Crippen molar-refractivity contribution in [2.75, 3.05) is 27.4 Å². The number of methoxy groups -OCH3 is 2. The van der Waals surface area contributed by atoms with Gasteiger partial charge in [0, 0.05) is 11.5 Å². The Kier molecular flexibility index (Phi) is 11.8. The van der Waals surface area contributed by atoms with Crippen LogP contribution in [0.15, 0.2) is 29.8 Å². The smallest absolute Gasteiger partial charge is 0.186 e. The number of hydrogen-bond donors (Lipinski definition) is 7. The molecule has 7 rings (SSSR count). The number of fused-ring (bicyclic) bond motifs is 5. The van der Waals surface area contributed by atoms with Crippen LogP contribution in [0.1, 0.15) is 77.2 Å². The summed E-state index contributed by atoms with van der Waals surface area (Å²) >= 11 is 0. The fourth-order valence-electron chi connectivity index (χ4n) is 11.7. The number of carbonyl (C=O) groups is 1. The second-order valence-corrected chi connectivity index (χ2v) is 17.4. The minimum absolute atomic E-state index is 0.0286. The Labute approximate surface area is 322 Å². The van der Waals surface area contributed by atoms with Crippen LogP contribution in [0.2, 0.25) is 0 Å². The molecular formula is C41H60O14. The number of aliphatic hydroxyl groups excluding tert-OH is 7. The SMILES string of the molecule is COc1ccc(OC)c(C2CC3C4CC=C5CC(OC6O[C@H](COC7O[C@H](CO)[C@@H](O)[C@H](O)[C@H]7O)[C@@H](O)[C@H](O)[C@H]6O)CCC5(C)C4CCC3(C)C2C(C)=O)c1. The second-order valence-electron chi connectivity index (χ2n) is 17.4. The number of hydrogen-bond acceptors (Lipinski definition) is 14. The number of rotatable bonds is 10. The molecule has 2 saturated heterocycles. The Balaban J connectivity index is 1.04. The number of ether oxygens (including phenoxy) is 6. The average molecular weight is 777 g/mol. The maximum atomic E-state index is 13.5. The lowest BCUT2D eigenvalue weighted by molar-refractivity contribution is -0.336.